The van der Waals surface area contributed by atoms with Crippen molar-refractivity contribution in [3.63, 3.8) is 0 Å². The van der Waals surface area contributed by atoms with Gasteiger partial charge in [-0.15, -0.1) is 0 Å². The highest BCUT2D eigenvalue weighted by atomic mass is 16.4. The molecule has 0 spiro atoms. The van der Waals surface area contributed by atoms with Crippen LogP contribution in [0.15, 0.2) is 16.3 Å². The fourth-order valence-electron chi connectivity index (χ4n) is 0.997. The van der Waals surface area contributed by atoms with E-state index in [1.807, 2.05) is 0 Å². The first-order valence-electron chi connectivity index (χ1n) is 3.41. The first-order valence-corrected chi connectivity index (χ1v) is 3.41. The van der Waals surface area contributed by atoms with E-state index >= 15 is 0 Å². The summed E-state index contributed by atoms with van der Waals surface area (Å²) in [6.45, 7) is 1.44. The summed E-state index contributed by atoms with van der Waals surface area (Å²) < 4.78 is 0. The van der Waals surface area contributed by atoms with E-state index in [1.165, 1.54) is 6.92 Å². The van der Waals surface area contributed by atoms with Crippen LogP contribution in [0.3, 0.4) is 0 Å². The maximum atomic E-state index is 10.6. The van der Waals surface area contributed by atoms with E-state index in [-0.39, 0.29) is 28.5 Å². The van der Waals surface area contributed by atoms with Crippen LogP contribution in [-0.4, -0.2) is 28.3 Å². The molecular formula is C7H8N4O2. The highest BCUT2D eigenvalue weighted by Gasteiger charge is 2.25. The Bertz CT molecular complexity index is 378. The molecule has 0 atom stereocenters. The predicted molar refractivity (Wildman–Crippen MR) is 47.4 cm³/mol. The van der Waals surface area contributed by atoms with Crippen molar-refractivity contribution in [3.8, 4) is 0 Å². The summed E-state index contributed by atoms with van der Waals surface area (Å²) in [5.74, 6) is -1.53. The molecule has 0 aliphatic carbocycles. The molecule has 6 heteroatoms. The van der Waals surface area contributed by atoms with Gasteiger partial charge < -0.3 is 10.8 Å². The van der Waals surface area contributed by atoms with Crippen LogP contribution in [0.5, 0.6) is 0 Å². The highest BCUT2D eigenvalue weighted by Crippen LogP contribution is 2.11. The van der Waals surface area contributed by atoms with E-state index < -0.39 is 5.97 Å². The van der Waals surface area contributed by atoms with Gasteiger partial charge in [0.2, 0.25) is 0 Å². The van der Waals surface area contributed by atoms with Crippen LogP contribution < -0.4 is 5.73 Å². The summed E-state index contributed by atoms with van der Waals surface area (Å²) >= 11 is 0. The lowest BCUT2D eigenvalue weighted by molar-refractivity contribution is -0.132. The zero-order valence-electron chi connectivity index (χ0n) is 6.88. The molecule has 0 aromatic carbocycles. The summed E-state index contributed by atoms with van der Waals surface area (Å²) in [4.78, 5) is 14.2. The zero-order valence-corrected chi connectivity index (χ0v) is 6.88. The number of nitrogens with two attached hydrogens (primary N) is 1. The van der Waals surface area contributed by atoms with Gasteiger partial charge in [-0.05, 0) is 6.92 Å². The van der Waals surface area contributed by atoms with Crippen LogP contribution in [-0.2, 0) is 4.79 Å². The molecule has 1 heterocycles. The number of carbonyl (C=O) groups is 1. The van der Waals surface area contributed by atoms with Crippen molar-refractivity contribution in [1.29, 1.82) is 10.8 Å². The van der Waals surface area contributed by atoms with Crippen molar-refractivity contribution >= 4 is 23.2 Å². The standard InChI is InChI=1S/C7H8N4O2/c1-2-3(7(12)13)4(8)5(9)6(10)11-2/h9-10H,8H2,1H3,(H,12,13). The molecule has 0 fully saturated rings. The minimum atomic E-state index is -1.23. The van der Waals surface area contributed by atoms with Crippen LogP contribution in [0.4, 0.5) is 0 Å². The number of hydrogen-bond donors (Lipinski definition) is 4. The van der Waals surface area contributed by atoms with Gasteiger partial charge in [0.25, 0.3) is 0 Å². The second-order valence-corrected chi connectivity index (χ2v) is 2.51. The molecule has 68 valence electrons. The van der Waals surface area contributed by atoms with Gasteiger partial charge in [-0.2, -0.15) is 0 Å². The summed E-state index contributed by atoms with van der Waals surface area (Å²) in [5, 5.41) is 23.1. The first kappa shape index (κ1) is 9.11. The Labute approximate surface area is 73.8 Å². The minimum absolute atomic E-state index is 0.158. The molecule has 1 rings (SSSR count). The highest BCUT2D eigenvalue weighted by molar-refractivity contribution is 6.51. The van der Waals surface area contributed by atoms with Gasteiger partial charge in [0.1, 0.15) is 11.3 Å². The molecule has 0 unspecified atom stereocenters. The predicted octanol–water partition coefficient (Wildman–Crippen LogP) is -0.245. The van der Waals surface area contributed by atoms with Gasteiger partial charge >= 0.3 is 5.97 Å². The Morgan fingerprint density at radius 3 is 2.54 bits per heavy atom. The van der Waals surface area contributed by atoms with E-state index in [0.717, 1.165) is 0 Å². The lowest BCUT2D eigenvalue weighted by Gasteiger charge is -2.13. The molecule has 6 nitrogen and oxygen atoms in total. The third kappa shape index (κ3) is 1.33. The molecule has 0 amide bonds. The van der Waals surface area contributed by atoms with Crippen molar-refractivity contribution in [2.24, 2.45) is 10.7 Å². The molecule has 0 saturated heterocycles. The molecular weight excluding hydrogens is 172 g/mol. The van der Waals surface area contributed by atoms with Crippen molar-refractivity contribution in [3.05, 3.63) is 11.3 Å². The summed E-state index contributed by atoms with van der Waals surface area (Å²) in [6, 6.07) is 0. The molecule has 0 radical (unpaired) electrons. The Balaban J connectivity index is 3.33. The average molecular weight is 180 g/mol. The molecule has 0 aromatic rings. The number of nitrogens with one attached hydrogen (secondary N) is 2. The van der Waals surface area contributed by atoms with Crippen molar-refractivity contribution in [1.82, 2.24) is 0 Å². The summed E-state index contributed by atoms with van der Waals surface area (Å²) in [7, 11) is 0. The second-order valence-electron chi connectivity index (χ2n) is 2.51. The maximum absolute atomic E-state index is 10.6. The number of rotatable bonds is 1. The lowest BCUT2D eigenvalue weighted by atomic mass is 10.0. The normalized spacial score (nSPS) is 17.5. The largest absolute Gasteiger partial charge is 0.478 e. The van der Waals surface area contributed by atoms with Gasteiger partial charge in [-0.3, -0.25) is 10.8 Å². The third-order valence-electron chi connectivity index (χ3n) is 1.63. The quantitative estimate of drug-likeness (QED) is 0.445. The van der Waals surface area contributed by atoms with Crippen LogP contribution in [0.1, 0.15) is 6.92 Å². The Hall–Kier alpha value is -1.98. The zero-order chi connectivity index (χ0) is 10.2. The van der Waals surface area contributed by atoms with E-state index in [4.69, 9.17) is 21.7 Å². The molecule has 13 heavy (non-hydrogen) atoms. The molecule has 0 bridgehead atoms. The fraction of sp³-hybridized carbons (Fsp3) is 0.143. The van der Waals surface area contributed by atoms with Crippen LogP contribution >= 0.6 is 0 Å². The molecule has 1 aliphatic heterocycles. The van der Waals surface area contributed by atoms with E-state index in [9.17, 15) is 4.79 Å². The number of aliphatic imine (C=N–C) groups is 1. The topological polar surface area (TPSA) is 123 Å². The number of carboxylic acids is 1. The summed E-state index contributed by atoms with van der Waals surface area (Å²) in [6.07, 6.45) is 0. The van der Waals surface area contributed by atoms with Gasteiger partial charge in [0.15, 0.2) is 5.84 Å². The number of dihydropyridines is 1. The van der Waals surface area contributed by atoms with Crippen LogP contribution in [0, 0.1) is 10.8 Å². The number of nitrogens with zero attached hydrogens (tertiary/aromatic N) is 1. The maximum Gasteiger partial charge on any atom is 0.339 e. The van der Waals surface area contributed by atoms with Gasteiger partial charge in [0, 0.05) is 0 Å². The van der Waals surface area contributed by atoms with Gasteiger partial charge in [-0.25, -0.2) is 9.79 Å². The first-order chi connectivity index (χ1) is 5.95. The van der Waals surface area contributed by atoms with Crippen molar-refractivity contribution < 1.29 is 9.90 Å². The average Bonchev–Trinajstić information content (AvgIpc) is 1.99. The third-order valence-corrected chi connectivity index (χ3v) is 1.63. The van der Waals surface area contributed by atoms with Crippen molar-refractivity contribution in [2.75, 3.05) is 0 Å². The number of carboxylic acid groups (broad SMARTS) is 1. The SMILES string of the molecule is CC1=NC(=N)C(=N)C(N)=C1C(=O)O. The molecule has 1 aliphatic rings. The smallest absolute Gasteiger partial charge is 0.339 e. The minimum Gasteiger partial charge on any atom is -0.478 e. The van der Waals surface area contributed by atoms with Gasteiger partial charge in [0.05, 0.1) is 11.4 Å². The van der Waals surface area contributed by atoms with E-state index in [1.54, 1.807) is 0 Å². The molecule has 0 aromatic heterocycles. The summed E-state index contributed by atoms with van der Waals surface area (Å²) in [5.41, 5.74) is 4.77. The lowest BCUT2D eigenvalue weighted by Crippen LogP contribution is -2.30. The van der Waals surface area contributed by atoms with Crippen molar-refractivity contribution in [2.45, 2.75) is 6.92 Å². The fourth-order valence-corrected chi connectivity index (χ4v) is 0.997. The van der Waals surface area contributed by atoms with Crippen LogP contribution in [0.25, 0.3) is 0 Å². The second kappa shape index (κ2) is 2.81. The number of hydrogen-bond acceptors (Lipinski definition) is 4. The molecule has 5 N–H and O–H groups in total. The Morgan fingerprint density at radius 1 is 1.54 bits per heavy atom. The van der Waals surface area contributed by atoms with Crippen LogP contribution in [0.2, 0.25) is 0 Å². The Kier molecular flexibility index (Phi) is 1.97. The monoisotopic (exact) mass is 180 g/mol. The Morgan fingerprint density at radius 2 is 2.08 bits per heavy atom. The van der Waals surface area contributed by atoms with Gasteiger partial charge in [-0.1, -0.05) is 0 Å². The number of aliphatic carboxylic acids is 1. The van der Waals surface area contributed by atoms with E-state index in [0.29, 0.717) is 0 Å². The number of amidine groups is 1. The van der Waals surface area contributed by atoms with E-state index in [2.05, 4.69) is 4.99 Å². The molecule has 0 saturated carbocycles.